The molecule has 2 aromatic carbocycles. The molecule has 0 unspecified atom stereocenters. The van der Waals surface area contributed by atoms with Crippen molar-refractivity contribution in [3.63, 3.8) is 0 Å². The quantitative estimate of drug-likeness (QED) is 0.447. The van der Waals surface area contributed by atoms with Gasteiger partial charge in [-0.2, -0.15) is 0 Å². The van der Waals surface area contributed by atoms with Crippen molar-refractivity contribution in [3.8, 4) is 0 Å². The van der Waals surface area contributed by atoms with Gasteiger partial charge in [0, 0.05) is 24.2 Å². The summed E-state index contributed by atoms with van der Waals surface area (Å²) in [5.41, 5.74) is 0.588. The maximum Gasteiger partial charge on any atom is 0.308 e. The van der Waals surface area contributed by atoms with E-state index in [9.17, 15) is 25.0 Å². The van der Waals surface area contributed by atoms with Gasteiger partial charge in [0.1, 0.15) is 0 Å². The number of aliphatic hydroxyl groups is 1. The second-order valence-corrected chi connectivity index (χ2v) is 6.76. The zero-order valence-electron chi connectivity index (χ0n) is 13.7. The van der Waals surface area contributed by atoms with Crippen LogP contribution in [0, 0.1) is 20.2 Å². The van der Waals surface area contributed by atoms with Gasteiger partial charge in [0.15, 0.2) is 0 Å². The summed E-state index contributed by atoms with van der Waals surface area (Å²) in [6.07, 6.45) is -0.0501. The molecule has 11 heteroatoms. The molecule has 0 aliphatic carbocycles. The van der Waals surface area contributed by atoms with Gasteiger partial charge in [-0.25, -0.2) is 0 Å². The van der Waals surface area contributed by atoms with Gasteiger partial charge in [-0.3, -0.25) is 25.0 Å². The third-order valence-corrected chi connectivity index (χ3v) is 4.51. The van der Waals surface area contributed by atoms with Crippen molar-refractivity contribution in [2.75, 3.05) is 6.61 Å². The smallest absolute Gasteiger partial charge is 0.308 e. The molecule has 0 amide bonds. The number of hydrogen-bond acceptors (Lipinski definition) is 6. The van der Waals surface area contributed by atoms with E-state index in [4.69, 9.17) is 10.2 Å². The predicted molar refractivity (Wildman–Crippen MR) is 104 cm³/mol. The molecule has 0 aromatic heterocycles. The van der Waals surface area contributed by atoms with Crippen LogP contribution in [0.1, 0.15) is 11.1 Å². The second-order valence-electron chi connectivity index (χ2n) is 5.05. The van der Waals surface area contributed by atoms with Gasteiger partial charge >= 0.3 is 5.97 Å². The Morgan fingerprint density at radius 1 is 0.926 bits per heavy atom. The van der Waals surface area contributed by atoms with Crippen molar-refractivity contribution in [2.45, 2.75) is 12.8 Å². The van der Waals surface area contributed by atoms with Crippen LogP contribution in [0.3, 0.4) is 0 Å². The standard InChI is InChI=1S/C8H6BrNO4.C8H8BrNO3/c9-6-3-1-2-5(4-7(11)12)8(6)10(13)14;9-7-3-1-2-6(4-5-11)8(7)10(12)13/h1-3H,4H2,(H,11,12);1-3,11H,4-5H2. The lowest BCUT2D eigenvalue weighted by Crippen LogP contribution is -2.04. The van der Waals surface area contributed by atoms with Gasteiger partial charge in [-0.1, -0.05) is 24.3 Å². The summed E-state index contributed by atoms with van der Waals surface area (Å²) < 4.78 is 0.740. The Morgan fingerprint density at radius 2 is 1.37 bits per heavy atom. The number of hydrogen-bond donors (Lipinski definition) is 2. The lowest BCUT2D eigenvalue weighted by Gasteiger charge is -2.01. The van der Waals surface area contributed by atoms with Crippen LogP contribution in [-0.2, 0) is 17.6 Å². The monoisotopic (exact) mass is 504 g/mol. The minimum atomic E-state index is -1.09. The maximum atomic E-state index is 10.6. The van der Waals surface area contributed by atoms with E-state index in [-0.39, 0.29) is 30.0 Å². The molecule has 0 aliphatic rings. The Bertz CT molecular complexity index is 859. The molecule has 0 saturated heterocycles. The van der Waals surface area contributed by atoms with Crippen molar-refractivity contribution in [1.29, 1.82) is 0 Å². The number of nitro benzene ring substituents is 2. The summed E-state index contributed by atoms with van der Waals surface area (Å²) in [6, 6.07) is 9.45. The van der Waals surface area contributed by atoms with E-state index in [0.29, 0.717) is 20.9 Å². The molecule has 9 nitrogen and oxygen atoms in total. The number of aliphatic carboxylic acids is 1. The fourth-order valence-electron chi connectivity index (χ4n) is 2.16. The van der Waals surface area contributed by atoms with Crippen LogP contribution >= 0.6 is 31.9 Å². The van der Waals surface area contributed by atoms with Crippen molar-refractivity contribution < 1.29 is 24.9 Å². The number of nitrogens with zero attached hydrogens (tertiary/aromatic N) is 2. The molecule has 2 rings (SSSR count). The van der Waals surface area contributed by atoms with E-state index in [1.807, 2.05) is 0 Å². The average molecular weight is 506 g/mol. The summed E-state index contributed by atoms with van der Waals surface area (Å²) in [6.45, 7) is -0.0860. The van der Waals surface area contributed by atoms with Crippen LogP contribution in [-0.4, -0.2) is 32.6 Å². The summed E-state index contributed by atoms with van der Waals surface area (Å²) in [4.78, 5) is 30.6. The maximum absolute atomic E-state index is 10.6. The highest BCUT2D eigenvalue weighted by Gasteiger charge is 2.19. The molecule has 144 valence electrons. The first kappa shape index (κ1) is 22.7. The lowest BCUT2D eigenvalue weighted by atomic mass is 10.1. The topological polar surface area (TPSA) is 144 Å². The molecular formula is C16H14Br2N2O7. The molecular weight excluding hydrogens is 492 g/mol. The van der Waals surface area contributed by atoms with Crippen LogP contribution in [0.15, 0.2) is 45.3 Å². The fourth-order valence-corrected chi connectivity index (χ4v) is 3.26. The molecule has 0 saturated carbocycles. The minimum absolute atomic E-state index is 0.0385. The third kappa shape index (κ3) is 6.70. The molecule has 2 N–H and O–H groups in total. The highest BCUT2D eigenvalue weighted by atomic mass is 79.9. The summed E-state index contributed by atoms with van der Waals surface area (Å²) >= 11 is 6.10. The zero-order chi connectivity index (χ0) is 20.6. The highest BCUT2D eigenvalue weighted by molar-refractivity contribution is 9.11. The van der Waals surface area contributed by atoms with E-state index in [1.54, 1.807) is 24.3 Å². The average Bonchev–Trinajstić information content (AvgIpc) is 2.54. The number of carbonyl (C=O) groups is 1. The number of carboxylic acids is 1. The van der Waals surface area contributed by atoms with Crippen molar-refractivity contribution in [1.82, 2.24) is 0 Å². The number of carboxylic acid groups (broad SMARTS) is 1. The normalized spacial score (nSPS) is 9.89. The Balaban J connectivity index is 0.000000271. The molecule has 0 fully saturated rings. The number of benzene rings is 2. The third-order valence-electron chi connectivity index (χ3n) is 3.23. The number of nitro groups is 2. The highest BCUT2D eigenvalue weighted by Crippen LogP contribution is 2.29. The van der Waals surface area contributed by atoms with Crippen molar-refractivity contribution >= 4 is 49.2 Å². The van der Waals surface area contributed by atoms with Crippen LogP contribution in [0.4, 0.5) is 11.4 Å². The molecule has 0 bridgehead atoms. The van der Waals surface area contributed by atoms with Gasteiger partial charge in [-0.05, 0) is 44.0 Å². The van der Waals surface area contributed by atoms with Crippen LogP contribution in [0.25, 0.3) is 0 Å². The number of para-hydroxylation sites is 2. The van der Waals surface area contributed by atoms with E-state index >= 15 is 0 Å². The van der Waals surface area contributed by atoms with Crippen molar-refractivity contribution in [3.05, 3.63) is 76.7 Å². The van der Waals surface area contributed by atoms with Crippen LogP contribution in [0.5, 0.6) is 0 Å². The minimum Gasteiger partial charge on any atom is -0.481 e. The summed E-state index contributed by atoms with van der Waals surface area (Å²) in [5.74, 6) is -1.09. The predicted octanol–water partition coefficient (Wildman–Crippen LogP) is 3.88. The summed E-state index contributed by atoms with van der Waals surface area (Å²) in [5, 5.41) is 38.4. The van der Waals surface area contributed by atoms with Gasteiger partial charge in [0.2, 0.25) is 0 Å². The molecule has 2 aromatic rings. The van der Waals surface area contributed by atoms with Gasteiger partial charge in [0.25, 0.3) is 11.4 Å². The molecule has 0 spiro atoms. The van der Waals surface area contributed by atoms with Gasteiger partial charge in [0.05, 0.1) is 25.2 Å². The summed E-state index contributed by atoms with van der Waals surface area (Å²) in [7, 11) is 0. The first-order valence-electron chi connectivity index (χ1n) is 7.35. The zero-order valence-corrected chi connectivity index (χ0v) is 16.8. The number of rotatable bonds is 6. The van der Waals surface area contributed by atoms with Crippen LogP contribution in [0.2, 0.25) is 0 Å². The van der Waals surface area contributed by atoms with Crippen molar-refractivity contribution in [2.24, 2.45) is 0 Å². The Kier molecular flexibility index (Phi) is 8.98. The van der Waals surface area contributed by atoms with E-state index < -0.39 is 15.8 Å². The van der Waals surface area contributed by atoms with Crippen LogP contribution < -0.4 is 0 Å². The van der Waals surface area contributed by atoms with E-state index in [1.165, 1.54) is 12.1 Å². The Morgan fingerprint density at radius 3 is 1.78 bits per heavy atom. The molecule has 0 aliphatic heterocycles. The Hall–Kier alpha value is -2.37. The SMILES string of the molecule is O=C(O)Cc1cccc(Br)c1[N+](=O)[O-].O=[N+]([O-])c1c(Br)cccc1CCO. The fraction of sp³-hybridized carbons (Fsp3) is 0.188. The molecule has 27 heavy (non-hydrogen) atoms. The van der Waals surface area contributed by atoms with Gasteiger partial charge in [-0.15, -0.1) is 0 Å². The Labute approximate surface area is 170 Å². The first-order valence-corrected chi connectivity index (χ1v) is 8.93. The number of aliphatic hydroxyl groups excluding tert-OH is 1. The molecule has 0 atom stereocenters. The van der Waals surface area contributed by atoms with E-state index in [2.05, 4.69) is 31.9 Å². The number of halogens is 2. The largest absolute Gasteiger partial charge is 0.481 e. The van der Waals surface area contributed by atoms with Gasteiger partial charge < -0.3 is 10.2 Å². The molecule has 0 heterocycles. The lowest BCUT2D eigenvalue weighted by molar-refractivity contribution is -0.386. The second kappa shape index (κ2) is 10.7. The first-order chi connectivity index (χ1) is 12.7. The van der Waals surface area contributed by atoms with E-state index in [0.717, 1.165) is 0 Å². The molecule has 0 radical (unpaired) electrons.